The summed E-state index contributed by atoms with van der Waals surface area (Å²) in [4.78, 5) is 0. The van der Waals surface area contributed by atoms with Gasteiger partial charge in [-0.1, -0.05) is 36.4 Å². The van der Waals surface area contributed by atoms with Crippen LogP contribution in [0.3, 0.4) is 0 Å². The lowest BCUT2D eigenvalue weighted by Gasteiger charge is -2.28. The van der Waals surface area contributed by atoms with Gasteiger partial charge in [-0.3, -0.25) is 4.57 Å². The Hall–Kier alpha value is -1.57. The third kappa shape index (κ3) is 1.67. The first-order valence-electron chi connectivity index (χ1n) is 5.83. The zero-order valence-corrected chi connectivity index (χ0v) is 10.6. The molecule has 0 saturated heterocycles. The average molecular weight is 260 g/mol. The first-order chi connectivity index (χ1) is 8.74. The summed E-state index contributed by atoms with van der Waals surface area (Å²) < 4.78 is 18.5. The van der Waals surface area contributed by atoms with Crippen LogP contribution >= 0.6 is 7.37 Å². The molecule has 3 nitrogen and oxygen atoms in total. The Kier molecular flexibility index (Phi) is 2.73. The summed E-state index contributed by atoms with van der Waals surface area (Å²) >= 11 is 0. The van der Waals surface area contributed by atoms with Crippen LogP contribution in [0.2, 0.25) is 0 Å². The zero-order valence-electron chi connectivity index (χ0n) is 9.74. The number of para-hydroxylation sites is 1. The van der Waals surface area contributed by atoms with Gasteiger partial charge in [0.1, 0.15) is 5.75 Å². The van der Waals surface area contributed by atoms with Gasteiger partial charge in [-0.2, -0.15) is 0 Å². The van der Waals surface area contributed by atoms with Crippen molar-refractivity contribution in [2.45, 2.75) is 0 Å². The summed E-state index contributed by atoms with van der Waals surface area (Å²) in [7, 11) is -2.99. The highest BCUT2D eigenvalue weighted by molar-refractivity contribution is 7.67. The third-order valence-corrected chi connectivity index (χ3v) is 5.49. The SMILES string of the molecule is O=[P@]1(CCO)Oc2ccccc2-c2ccccc21. The van der Waals surface area contributed by atoms with Crippen LogP contribution in [0.25, 0.3) is 11.1 Å². The van der Waals surface area contributed by atoms with Gasteiger partial charge >= 0.3 is 0 Å². The molecule has 18 heavy (non-hydrogen) atoms. The number of aliphatic hydroxyl groups excluding tert-OH is 1. The molecule has 0 radical (unpaired) electrons. The molecule has 1 atom stereocenters. The van der Waals surface area contributed by atoms with Crippen molar-refractivity contribution in [1.29, 1.82) is 0 Å². The fourth-order valence-corrected chi connectivity index (χ4v) is 4.32. The summed E-state index contributed by atoms with van der Waals surface area (Å²) in [5.41, 5.74) is 1.90. The molecular weight excluding hydrogens is 247 g/mol. The Morgan fingerprint density at radius 3 is 2.44 bits per heavy atom. The van der Waals surface area contributed by atoms with E-state index < -0.39 is 7.37 Å². The van der Waals surface area contributed by atoms with E-state index in [0.717, 1.165) is 11.1 Å². The van der Waals surface area contributed by atoms with Gasteiger partial charge in [-0.15, -0.1) is 0 Å². The van der Waals surface area contributed by atoms with E-state index in [0.29, 0.717) is 11.1 Å². The number of benzene rings is 2. The maximum Gasteiger partial charge on any atom is 0.280 e. The molecule has 0 spiro atoms. The van der Waals surface area contributed by atoms with Gasteiger partial charge in [-0.25, -0.2) is 0 Å². The zero-order chi connectivity index (χ0) is 12.6. The summed E-state index contributed by atoms with van der Waals surface area (Å²) in [6, 6.07) is 15.1. The molecule has 1 heterocycles. The minimum atomic E-state index is -2.99. The maximum atomic E-state index is 12.8. The fraction of sp³-hybridized carbons (Fsp3) is 0.143. The minimum absolute atomic E-state index is 0.145. The van der Waals surface area contributed by atoms with Crippen LogP contribution in [-0.2, 0) is 4.57 Å². The van der Waals surface area contributed by atoms with Gasteiger partial charge in [0.25, 0.3) is 7.37 Å². The van der Waals surface area contributed by atoms with E-state index in [-0.39, 0.29) is 12.8 Å². The second kappa shape index (κ2) is 4.27. The number of hydrogen-bond acceptors (Lipinski definition) is 3. The normalized spacial score (nSPS) is 20.7. The van der Waals surface area contributed by atoms with Crippen molar-refractivity contribution in [3.63, 3.8) is 0 Å². The number of fused-ring (bicyclic) bond motifs is 3. The highest BCUT2D eigenvalue weighted by Gasteiger charge is 2.34. The third-order valence-electron chi connectivity index (χ3n) is 3.09. The van der Waals surface area contributed by atoms with Crippen molar-refractivity contribution in [3.8, 4) is 16.9 Å². The first-order valence-corrected chi connectivity index (χ1v) is 7.64. The lowest BCUT2D eigenvalue weighted by molar-refractivity contribution is 0.316. The minimum Gasteiger partial charge on any atom is -0.439 e. The van der Waals surface area contributed by atoms with Gasteiger partial charge in [0.15, 0.2) is 0 Å². The second-order valence-electron chi connectivity index (χ2n) is 4.23. The standard InChI is InChI=1S/C14H13O3P/c15-9-10-18(16)14-8-4-2-6-12(14)11-5-1-3-7-13(11)17-18/h1-8,15H,9-10H2/t18-/m1/s1. The Morgan fingerprint density at radius 2 is 1.67 bits per heavy atom. The largest absolute Gasteiger partial charge is 0.439 e. The number of hydrogen-bond donors (Lipinski definition) is 1. The molecule has 1 aliphatic heterocycles. The molecule has 4 heteroatoms. The number of rotatable bonds is 2. The molecule has 0 aliphatic carbocycles. The lowest BCUT2D eigenvalue weighted by Crippen LogP contribution is -2.20. The fourth-order valence-electron chi connectivity index (χ4n) is 2.27. The van der Waals surface area contributed by atoms with Crippen molar-refractivity contribution in [2.75, 3.05) is 12.8 Å². The summed E-state index contributed by atoms with van der Waals surface area (Å²) in [5, 5.41) is 9.81. The molecule has 0 amide bonds. The van der Waals surface area contributed by atoms with Crippen molar-refractivity contribution < 1.29 is 14.2 Å². The summed E-state index contributed by atoms with van der Waals surface area (Å²) in [6.45, 7) is -0.145. The van der Waals surface area contributed by atoms with Crippen molar-refractivity contribution >= 4 is 12.7 Å². The van der Waals surface area contributed by atoms with E-state index in [1.54, 1.807) is 0 Å². The molecule has 3 rings (SSSR count). The van der Waals surface area contributed by atoms with Gasteiger partial charge in [0.05, 0.1) is 18.1 Å². The molecule has 0 saturated carbocycles. The van der Waals surface area contributed by atoms with E-state index in [1.165, 1.54) is 0 Å². The van der Waals surface area contributed by atoms with Crippen LogP contribution in [0.15, 0.2) is 48.5 Å². The van der Waals surface area contributed by atoms with Crippen LogP contribution in [-0.4, -0.2) is 17.9 Å². The van der Waals surface area contributed by atoms with Gasteiger partial charge in [0.2, 0.25) is 0 Å². The van der Waals surface area contributed by atoms with Crippen LogP contribution in [0.5, 0.6) is 5.75 Å². The van der Waals surface area contributed by atoms with E-state index >= 15 is 0 Å². The quantitative estimate of drug-likeness (QED) is 0.844. The molecule has 1 aliphatic rings. The molecule has 0 unspecified atom stereocenters. The Bertz CT molecular complexity index is 636. The summed E-state index contributed by atoms with van der Waals surface area (Å²) in [5.74, 6) is 0.632. The average Bonchev–Trinajstić information content (AvgIpc) is 2.39. The van der Waals surface area contributed by atoms with Crippen LogP contribution < -0.4 is 9.83 Å². The molecule has 0 bridgehead atoms. The van der Waals surface area contributed by atoms with Crippen molar-refractivity contribution in [2.24, 2.45) is 0 Å². The smallest absolute Gasteiger partial charge is 0.280 e. The monoisotopic (exact) mass is 260 g/mol. The van der Waals surface area contributed by atoms with Gasteiger partial charge in [0, 0.05) is 5.56 Å². The lowest BCUT2D eigenvalue weighted by atomic mass is 10.0. The van der Waals surface area contributed by atoms with E-state index in [2.05, 4.69) is 0 Å². The van der Waals surface area contributed by atoms with E-state index in [4.69, 9.17) is 9.63 Å². The topological polar surface area (TPSA) is 46.5 Å². The second-order valence-corrected chi connectivity index (χ2v) is 6.68. The predicted molar refractivity (Wildman–Crippen MR) is 71.7 cm³/mol. The van der Waals surface area contributed by atoms with Crippen LogP contribution in [0.1, 0.15) is 0 Å². The van der Waals surface area contributed by atoms with Crippen molar-refractivity contribution in [1.82, 2.24) is 0 Å². The van der Waals surface area contributed by atoms with Crippen molar-refractivity contribution in [3.05, 3.63) is 48.5 Å². The predicted octanol–water partition coefficient (Wildman–Crippen LogP) is 2.64. The summed E-state index contributed by atoms with van der Waals surface area (Å²) in [6.07, 6.45) is 0.151. The Morgan fingerprint density at radius 1 is 1.00 bits per heavy atom. The van der Waals surface area contributed by atoms with Crippen LogP contribution in [0.4, 0.5) is 0 Å². The molecule has 0 fully saturated rings. The van der Waals surface area contributed by atoms with Gasteiger partial charge < -0.3 is 9.63 Å². The van der Waals surface area contributed by atoms with Gasteiger partial charge in [-0.05, 0) is 17.7 Å². The first kappa shape index (κ1) is 11.5. The Labute approximate surface area is 105 Å². The maximum absolute atomic E-state index is 12.8. The molecule has 1 N–H and O–H groups in total. The van der Waals surface area contributed by atoms with E-state index in [1.807, 2.05) is 48.5 Å². The highest BCUT2D eigenvalue weighted by atomic mass is 31.2. The van der Waals surface area contributed by atoms with E-state index in [9.17, 15) is 4.57 Å². The molecule has 2 aromatic carbocycles. The highest BCUT2D eigenvalue weighted by Crippen LogP contribution is 2.53. The molecule has 92 valence electrons. The number of aliphatic hydroxyl groups is 1. The molecule has 0 aromatic heterocycles. The molecule has 2 aromatic rings. The van der Waals surface area contributed by atoms with Crippen LogP contribution in [0, 0.1) is 0 Å². The molecular formula is C14H13O3P. The Balaban J connectivity index is 2.26.